The van der Waals surface area contributed by atoms with Crippen molar-refractivity contribution in [3.8, 4) is 5.75 Å². The zero-order chi connectivity index (χ0) is 17.1. The Morgan fingerprint density at radius 1 is 1.04 bits per heavy atom. The molecule has 0 bridgehead atoms. The number of benzene rings is 1. The standard InChI is InChI=1S/C20H29ClN2O2/c21-20-13-18(4-3-17(20)15-22-5-1-2-6-22)25-19-11-16(12-19)14-23-7-9-24-10-8-23/h3-4,13,16,19H,1-2,5-12,14-15H2. The molecule has 4 rings (SSSR count). The van der Waals surface area contributed by atoms with E-state index in [0.29, 0.717) is 6.10 Å². The van der Waals surface area contributed by atoms with Crippen LogP contribution in [0.15, 0.2) is 18.2 Å². The number of nitrogens with zero attached hydrogens (tertiary/aromatic N) is 2. The van der Waals surface area contributed by atoms with Crippen LogP contribution in [0.4, 0.5) is 0 Å². The van der Waals surface area contributed by atoms with Crippen LogP contribution in [0.3, 0.4) is 0 Å². The summed E-state index contributed by atoms with van der Waals surface area (Å²) in [5.41, 5.74) is 1.22. The van der Waals surface area contributed by atoms with Crippen LogP contribution < -0.4 is 4.74 Å². The highest BCUT2D eigenvalue weighted by Crippen LogP contribution is 2.33. The van der Waals surface area contributed by atoms with Gasteiger partial charge in [-0.1, -0.05) is 17.7 Å². The molecule has 1 aliphatic carbocycles. The average Bonchev–Trinajstić information content (AvgIpc) is 3.09. The van der Waals surface area contributed by atoms with Gasteiger partial charge in [0.1, 0.15) is 5.75 Å². The quantitative estimate of drug-likeness (QED) is 0.772. The summed E-state index contributed by atoms with van der Waals surface area (Å²) in [5.74, 6) is 1.69. The van der Waals surface area contributed by atoms with Gasteiger partial charge in [-0.05, 0) is 62.4 Å². The van der Waals surface area contributed by atoms with E-state index in [1.807, 2.05) is 6.07 Å². The van der Waals surface area contributed by atoms with Crippen molar-refractivity contribution in [2.45, 2.75) is 38.3 Å². The Balaban J connectivity index is 1.22. The summed E-state index contributed by atoms with van der Waals surface area (Å²) in [7, 11) is 0. The molecule has 0 N–H and O–H groups in total. The molecule has 4 nitrogen and oxygen atoms in total. The van der Waals surface area contributed by atoms with Crippen LogP contribution in [-0.2, 0) is 11.3 Å². The van der Waals surface area contributed by atoms with Gasteiger partial charge in [0.15, 0.2) is 0 Å². The lowest BCUT2D eigenvalue weighted by atomic mass is 9.82. The summed E-state index contributed by atoms with van der Waals surface area (Å²) < 4.78 is 11.5. The highest BCUT2D eigenvalue weighted by molar-refractivity contribution is 6.31. The topological polar surface area (TPSA) is 24.9 Å². The van der Waals surface area contributed by atoms with E-state index in [-0.39, 0.29) is 0 Å². The summed E-state index contributed by atoms with van der Waals surface area (Å²) >= 11 is 6.48. The van der Waals surface area contributed by atoms with E-state index >= 15 is 0 Å². The van der Waals surface area contributed by atoms with E-state index in [9.17, 15) is 0 Å². The van der Waals surface area contributed by atoms with Gasteiger partial charge in [-0.25, -0.2) is 0 Å². The molecule has 2 saturated heterocycles. The number of rotatable bonds is 6. The minimum atomic E-state index is 0.353. The van der Waals surface area contributed by atoms with Crippen molar-refractivity contribution in [1.29, 1.82) is 0 Å². The van der Waals surface area contributed by atoms with Gasteiger partial charge in [-0.2, -0.15) is 0 Å². The second-order valence-electron chi connectivity index (χ2n) is 7.73. The van der Waals surface area contributed by atoms with Crippen molar-refractivity contribution in [1.82, 2.24) is 9.80 Å². The lowest BCUT2D eigenvalue weighted by Crippen LogP contribution is -2.45. The van der Waals surface area contributed by atoms with E-state index < -0.39 is 0 Å². The average molecular weight is 365 g/mol. The van der Waals surface area contributed by atoms with Crippen LogP contribution in [0, 0.1) is 5.92 Å². The van der Waals surface area contributed by atoms with Gasteiger partial charge >= 0.3 is 0 Å². The molecular formula is C20H29ClN2O2. The monoisotopic (exact) mass is 364 g/mol. The maximum absolute atomic E-state index is 6.48. The molecule has 2 heterocycles. The van der Waals surface area contributed by atoms with Crippen molar-refractivity contribution in [3.05, 3.63) is 28.8 Å². The van der Waals surface area contributed by atoms with Crippen LogP contribution in [0.2, 0.25) is 5.02 Å². The van der Waals surface area contributed by atoms with Crippen LogP contribution in [0.1, 0.15) is 31.2 Å². The van der Waals surface area contributed by atoms with Crippen molar-refractivity contribution in [2.75, 3.05) is 45.9 Å². The summed E-state index contributed by atoms with van der Waals surface area (Å²) in [4.78, 5) is 5.00. The first kappa shape index (κ1) is 17.6. The third-order valence-electron chi connectivity index (χ3n) is 5.73. The Hall–Kier alpha value is -0.810. The minimum Gasteiger partial charge on any atom is -0.490 e. The molecule has 3 fully saturated rings. The zero-order valence-corrected chi connectivity index (χ0v) is 15.7. The third kappa shape index (κ3) is 4.68. The Kier molecular flexibility index (Phi) is 5.81. The summed E-state index contributed by atoms with van der Waals surface area (Å²) in [6.07, 6.45) is 5.29. The molecule has 0 aromatic heterocycles. The van der Waals surface area contributed by atoms with Gasteiger partial charge in [-0.3, -0.25) is 9.80 Å². The summed E-state index contributed by atoms with van der Waals surface area (Å²) in [6, 6.07) is 6.23. The molecule has 0 amide bonds. The molecular weight excluding hydrogens is 336 g/mol. The Morgan fingerprint density at radius 2 is 1.80 bits per heavy atom. The largest absolute Gasteiger partial charge is 0.490 e. The number of ether oxygens (including phenoxy) is 2. The molecule has 1 aromatic rings. The maximum atomic E-state index is 6.48. The molecule has 0 atom stereocenters. The first-order valence-corrected chi connectivity index (χ1v) is 10.1. The normalized spacial score (nSPS) is 28.0. The molecule has 5 heteroatoms. The van der Waals surface area contributed by atoms with Gasteiger partial charge in [0.2, 0.25) is 0 Å². The molecule has 25 heavy (non-hydrogen) atoms. The first-order chi connectivity index (χ1) is 12.3. The zero-order valence-electron chi connectivity index (χ0n) is 15.0. The predicted octanol–water partition coefficient (Wildman–Crippen LogP) is 3.43. The third-order valence-corrected chi connectivity index (χ3v) is 6.08. The SMILES string of the molecule is Clc1cc(OC2CC(CN3CCOCC3)C2)ccc1CN1CCCC1. The van der Waals surface area contributed by atoms with Crippen LogP contribution in [0.25, 0.3) is 0 Å². The van der Waals surface area contributed by atoms with Crippen molar-refractivity contribution in [2.24, 2.45) is 5.92 Å². The van der Waals surface area contributed by atoms with Gasteiger partial charge in [0.25, 0.3) is 0 Å². The van der Waals surface area contributed by atoms with E-state index in [0.717, 1.165) is 62.4 Å². The highest BCUT2D eigenvalue weighted by Gasteiger charge is 2.32. The number of morpholine rings is 1. The van der Waals surface area contributed by atoms with E-state index in [1.54, 1.807) is 0 Å². The fraction of sp³-hybridized carbons (Fsp3) is 0.700. The van der Waals surface area contributed by atoms with Crippen LogP contribution in [-0.4, -0.2) is 61.8 Å². The van der Waals surface area contributed by atoms with Crippen molar-refractivity contribution >= 4 is 11.6 Å². The molecule has 0 unspecified atom stereocenters. The lowest BCUT2D eigenvalue weighted by molar-refractivity contribution is 0.000136. The Bertz CT molecular complexity index is 565. The fourth-order valence-corrected chi connectivity index (χ4v) is 4.40. The second kappa shape index (κ2) is 8.26. The number of halogens is 1. The lowest BCUT2D eigenvalue weighted by Gasteiger charge is -2.39. The van der Waals surface area contributed by atoms with Gasteiger partial charge in [0, 0.05) is 31.2 Å². The van der Waals surface area contributed by atoms with E-state index in [4.69, 9.17) is 21.1 Å². The van der Waals surface area contributed by atoms with E-state index in [2.05, 4.69) is 21.9 Å². The summed E-state index contributed by atoms with van der Waals surface area (Å²) in [5, 5.41) is 0.841. The van der Waals surface area contributed by atoms with Crippen molar-refractivity contribution in [3.63, 3.8) is 0 Å². The Morgan fingerprint density at radius 3 is 2.52 bits per heavy atom. The molecule has 1 aromatic carbocycles. The van der Waals surface area contributed by atoms with Crippen LogP contribution in [0.5, 0.6) is 5.75 Å². The van der Waals surface area contributed by atoms with Gasteiger partial charge in [0.05, 0.1) is 19.3 Å². The Labute approximate surface area is 156 Å². The molecule has 3 aliphatic rings. The van der Waals surface area contributed by atoms with Gasteiger partial charge in [-0.15, -0.1) is 0 Å². The van der Waals surface area contributed by atoms with Crippen LogP contribution >= 0.6 is 11.6 Å². The first-order valence-electron chi connectivity index (χ1n) is 9.74. The molecule has 0 spiro atoms. The summed E-state index contributed by atoms with van der Waals surface area (Å²) in [6.45, 7) is 8.47. The molecule has 0 radical (unpaired) electrons. The highest BCUT2D eigenvalue weighted by atomic mass is 35.5. The predicted molar refractivity (Wildman–Crippen MR) is 100 cm³/mol. The second-order valence-corrected chi connectivity index (χ2v) is 8.13. The van der Waals surface area contributed by atoms with Gasteiger partial charge < -0.3 is 9.47 Å². The van der Waals surface area contributed by atoms with E-state index in [1.165, 1.54) is 38.0 Å². The maximum Gasteiger partial charge on any atom is 0.121 e. The number of hydrogen-bond donors (Lipinski definition) is 0. The van der Waals surface area contributed by atoms with Crippen molar-refractivity contribution < 1.29 is 9.47 Å². The fourth-order valence-electron chi connectivity index (χ4n) is 4.17. The number of likely N-dealkylation sites (tertiary alicyclic amines) is 1. The molecule has 2 aliphatic heterocycles. The molecule has 1 saturated carbocycles. The molecule has 138 valence electrons. The smallest absolute Gasteiger partial charge is 0.121 e. The minimum absolute atomic E-state index is 0.353. The number of hydrogen-bond acceptors (Lipinski definition) is 4.